The summed E-state index contributed by atoms with van der Waals surface area (Å²) < 4.78 is 0. The lowest BCUT2D eigenvalue weighted by Crippen LogP contribution is -2.40. The Morgan fingerprint density at radius 1 is 1.55 bits per heavy atom. The van der Waals surface area contributed by atoms with Crippen LogP contribution in [0.15, 0.2) is 23.9 Å². The SMILES string of the molecule is CC1=CNC(NC2CC2)C=C1. The van der Waals surface area contributed by atoms with Crippen molar-refractivity contribution in [1.29, 1.82) is 0 Å². The van der Waals surface area contributed by atoms with E-state index in [0.717, 1.165) is 6.04 Å². The molecule has 0 saturated heterocycles. The predicted molar refractivity (Wildman–Crippen MR) is 46.0 cm³/mol. The first kappa shape index (κ1) is 6.92. The van der Waals surface area contributed by atoms with Gasteiger partial charge < -0.3 is 5.32 Å². The van der Waals surface area contributed by atoms with Gasteiger partial charge in [0, 0.05) is 12.2 Å². The number of allylic oxidation sites excluding steroid dienone is 2. The molecule has 2 heteroatoms. The van der Waals surface area contributed by atoms with Gasteiger partial charge in [-0.25, -0.2) is 0 Å². The van der Waals surface area contributed by atoms with Gasteiger partial charge >= 0.3 is 0 Å². The highest BCUT2D eigenvalue weighted by Gasteiger charge is 2.23. The van der Waals surface area contributed by atoms with Crippen LogP contribution in [0, 0.1) is 0 Å². The first-order valence-electron chi connectivity index (χ1n) is 4.22. The second kappa shape index (κ2) is 2.70. The zero-order valence-electron chi connectivity index (χ0n) is 6.80. The minimum Gasteiger partial charge on any atom is -0.372 e. The minimum atomic E-state index is 0.367. The average Bonchev–Trinajstić information content (AvgIpc) is 2.78. The third kappa shape index (κ3) is 1.84. The van der Waals surface area contributed by atoms with Crippen molar-refractivity contribution in [1.82, 2.24) is 10.6 Å². The largest absolute Gasteiger partial charge is 0.372 e. The molecular formula is C9H14N2. The van der Waals surface area contributed by atoms with Crippen LogP contribution < -0.4 is 10.6 Å². The second-order valence-corrected chi connectivity index (χ2v) is 3.33. The quantitative estimate of drug-likeness (QED) is 0.616. The highest BCUT2D eigenvalue weighted by molar-refractivity contribution is 5.21. The van der Waals surface area contributed by atoms with Crippen LogP contribution in [0.25, 0.3) is 0 Å². The van der Waals surface area contributed by atoms with Gasteiger partial charge in [-0.2, -0.15) is 0 Å². The molecule has 2 rings (SSSR count). The third-order valence-electron chi connectivity index (χ3n) is 2.03. The van der Waals surface area contributed by atoms with Crippen molar-refractivity contribution in [3.05, 3.63) is 23.9 Å². The lowest BCUT2D eigenvalue weighted by molar-refractivity contribution is 0.541. The van der Waals surface area contributed by atoms with Crippen LogP contribution >= 0.6 is 0 Å². The van der Waals surface area contributed by atoms with E-state index >= 15 is 0 Å². The summed E-state index contributed by atoms with van der Waals surface area (Å²) in [4.78, 5) is 0. The van der Waals surface area contributed by atoms with E-state index in [4.69, 9.17) is 0 Å². The van der Waals surface area contributed by atoms with Crippen LogP contribution in [-0.4, -0.2) is 12.2 Å². The molecule has 0 aromatic rings. The van der Waals surface area contributed by atoms with E-state index in [2.05, 4.69) is 35.9 Å². The van der Waals surface area contributed by atoms with Gasteiger partial charge in [0.25, 0.3) is 0 Å². The maximum atomic E-state index is 3.47. The molecule has 0 bridgehead atoms. The van der Waals surface area contributed by atoms with Crippen molar-refractivity contribution in [2.75, 3.05) is 0 Å². The molecule has 0 amide bonds. The monoisotopic (exact) mass is 150 g/mol. The molecule has 0 radical (unpaired) electrons. The van der Waals surface area contributed by atoms with E-state index in [1.807, 2.05) is 0 Å². The van der Waals surface area contributed by atoms with Crippen LogP contribution in [0.1, 0.15) is 19.8 Å². The lowest BCUT2D eigenvalue weighted by atomic mass is 10.2. The van der Waals surface area contributed by atoms with E-state index in [-0.39, 0.29) is 0 Å². The molecule has 0 aromatic carbocycles. The molecule has 11 heavy (non-hydrogen) atoms. The Balaban J connectivity index is 1.84. The summed E-state index contributed by atoms with van der Waals surface area (Å²) in [5.74, 6) is 0. The molecule has 1 atom stereocenters. The predicted octanol–water partition coefficient (Wildman–Crippen LogP) is 1.13. The number of hydrogen-bond donors (Lipinski definition) is 2. The number of dihydropyridines is 1. The van der Waals surface area contributed by atoms with Gasteiger partial charge in [0.2, 0.25) is 0 Å². The van der Waals surface area contributed by atoms with Crippen molar-refractivity contribution >= 4 is 0 Å². The first-order chi connectivity index (χ1) is 5.34. The third-order valence-corrected chi connectivity index (χ3v) is 2.03. The lowest BCUT2D eigenvalue weighted by Gasteiger charge is -2.18. The van der Waals surface area contributed by atoms with Gasteiger partial charge in [0.15, 0.2) is 0 Å². The Morgan fingerprint density at radius 2 is 2.36 bits per heavy atom. The number of rotatable bonds is 2. The molecule has 1 fully saturated rings. The van der Waals surface area contributed by atoms with Gasteiger partial charge in [-0.05, 0) is 31.4 Å². The smallest absolute Gasteiger partial charge is 0.0961 e. The molecule has 0 aromatic heterocycles. The van der Waals surface area contributed by atoms with Crippen molar-refractivity contribution in [3.8, 4) is 0 Å². The highest BCUT2D eigenvalue weighted by Crippen LogP contribution is 2.19. The number of nitrogens with one attached hydrogen (secondary N) is 2. The van der Waals surface area contributed by atoms with Gasteiger partial charge in [0.1, 0.15) is 0 Å². The summed E-state index contributed by atoms with van der Waals surface area (Å²) in [7, 11) is 0. The summed E-state index contributed by atoms with van der Waals surface area (Å²) in [5, 5.41) is 6.75. The van der Waals surface area contributed by atoms with Gasteiger partial charge in [-0.15, -0.1) is 0 Å². The molecule has 1 unspecified atom stereocenters. The number of hydrogen-bond acceptors (Lipinski definition) is 2. The minimum absolute atomic E-state index is 0.367. The van der Waals surface area contributed by atoms with Gasteiger partial charge in [-0.1, -0.05) is 6.08 Å². The molecule has 60 valence electrons. The zero-order chi connectivity index (χ0) is 7.68. The Morgan fingerprint density at radius 3 is 2.91 bits per heavy atom. The topological polar surface area (TPSA) is 24.1 Å². The molecule has 0 spiro atoms. The summed E-state index contributed by atoms with van der Waals surface area (Å²) in [6.07, 6.45) is 9.43. The van der Waals surface area contributed by atoms with E-state index in [0.29, 0.717) is 6.17 Å². The molecule has 2 N–H and O–H groups in total. The zero-order valence-corrected chi connectivity index (χ0v) is 6.80. The van der Waals surface area contributed by atoms with Crippen molar-refractivity contribution in [3.63, 3.8) is 0 Å². The van der Waals surface area contributed by atoms with Crippen molar-refractivity contribution in [2.45, 2.75) is 32.0 Å². The Labute approximate surface area is 67.4 Å². The van der Waals surface area contributed by atoms with E-state index in [1.54, 1.807) is 0 Å². The van der Waals surface area contributed by atoms with Crippen molar-refractivity contribution in [2.24, 2.45) is 0 Å². The molecule has 1 aliphatic carbocycles. The first-order valence-corrected chi connectivity index (χ1v) is 4.22. The van der Waals surface area contributed by atoms with E-state index < -0.39 is 0 Å². The van der Waals surface area contributed by atoms with Crippen LogP contribution in [0.2, 0.25) is 0 Å². The van der Waals surface area contributed by atoms with Gasteiger partial charge in [0.05, 0.1) is 6.17 Å². The highest BCUT2D eigenvalue weighted by atomic mass is 15.1. The van der Waals surface area contributed by atoms with Crippen molar-refractivity contribution < 1.29 is 0 Å². The second-order valence-electron chi connectivity index (χ2n) is 3.33. The van der Waals surface area contributed by atoms with Gasteiger partial charge in [-0.3, -0.25) is 5.32 Å². The van der Waals surface area contributed by atoms with E-state index in [9.17, 15) is 0 Å². The Bertz CT molecular complexity index is 202. The average molecular weight is 150 g/mol. The summed E-state index contributed by atoms with van der Waals surface area (Å²) in [6, 6.07) is 0.768. The maximum absolute atomic E-state index is 3.47. The maximum Gasteiger partial charge on any atom is 0.0961 e. The van der Waals surface area contributed by atoms with Crippen LogP contribution in [0.5, 0.6) is 0 Å². The fourth-order valence-electron chi connectivity index (χ4n) is 1.18. The fourth-order valence-corrected chi connectivity index (χ4v) is 1.18. The summed E-state index contributed by atoms with van der Waals surface area (Å²) in [5.41, 5.74) is 1.29. The molecule has 2 aliphatic rings. The van der Waals surface area contributed by atoms with Crippen LogP contribution in [0.3, 0.4) is 0 Å². The fraction of sp³-hybridized carbons (Fsp3) is 0.556. The molecule has 2 nitrogen and oxygen atoms in total. The Kier molecular flexibility index (Phi) is 1.70. The van der Waals surface area contributed by atoms with Crippen LogP contribution in [-0.2, 0) is 0 Å². The normalized spacial score (nSPS) is 29.5. The molecule has 1 aliphatic heterocycles. The summed E-state index contributed by atoms with van der Waals surface area (Å²) >= 11 is 0. The summed E-state index contributed by atoms with van der Waals surface area (Å²) in [6.45, 7) is 2.09. The standard InChI is InChI=1S/C9H14N2/c1-7-2-5-9(10-6-7)11-8-3-4-8/h2,5-6,8-11H,3-4H2,1H3. The Hall–Kier alpha value is -0.760. The van der Waals surface area contributed by atoms with Crippen LogP contribution in [0.4, 0.5) is 0 Å². The molecular weight excluding hydrogens is 136 g/mol. The molecule has 1 heterocycles. The van der Waals surface area contributed by atoms with E-state index in [1.165, 1.54) is 18.4 Å². The molecule has 1 saturated carbocycles.